The predicted molar refractivity (Wildman–Crippen MR) is 61.0 cm³/mol. The van der Waals surface area contributed by atoms with E-state index in [1.54, 1.807) is 0 Å². The molecule has 1 saturated carbocycles. The summed E-state index contributed by atoms with van der Waals surface area (Å²) in [6.07, 6.45) is 7.12. The lowest BCUT2D eigenvalue weighted by Crippen LogP contribution is -2.25. The van der Waals surface area contributed by atoms with E-state index in [9.17, 15) is 4.79 Å². The minimum Gasteiger partial charge on any atom is -0.476 e. The van der Waals surface area contributed by atoms with Crippen LogP contribution in [0.1, 0.15) is 43.1 Å². The zero-order chi connectivity index (χ0) is 12.3. The third-order valence-electron chi connectivity index (χ3n) is 3.03. The van der Waals surface area contributed by atoms with Crippen molar-refractivity contribution in [3.05, 3.63) is 18.1 Å². The first kappa shape index (κ1) is 11.8. The highest BCUT2D eigenvalue weighted by molar-refractivity contribution is 5.87. The van der Waals surface area contributed by atoms with Gasteiger partial charge in [0.2, 0.25) is 11.6 Å². The van der Waals surface area contributed by atoms with Crippen LogP contribution in [0.5, 0.6) is 5.88 Å². The molecular weight excluding hydrogens is 220 g/mol. The maximum absolute atomic E-state index is 10.9. The number of aromatic nitrogens is 2. The molecule has 1 aliphatic carbocycles. The van der Waals surface area contributed by atoms with Crippen molar-refractivity contribution in [1.29, 1.82) is 0 Å². The van der Waals surface area contributed by atoms with Gasteiger partial charge in [0, 0.05) is 12.4 Å². The summed E-state index contributed by atoms with van der Waals surface area (Å²) in [4.78, 5) is 18.7. The van der Waals surface area contributed by atoms with Gasteiger partial charge in [-0.15, -0.1) is 0 Å². The van der Waals surface area contributed by atoms with E-state index in [2.05, 4.69) is 16.9 Å². The summed E-state index contributed by atoms with van der Waals surface area (Å²) in [5.41, 5.74) is -0.106. The largest absolute Gasteiger partial charge is 0.476 e. The van der Waals surface area contributed by atoms with Crippen LogP contribution in [0.4, 0.5) is 0 Å². The van der Waals surface area contributed by atoms with Crippen LogP contribution in [0.2, 0.25) is 0 Å². The zero-order valence-electron chi connectivity index (χ0n) is 9.80. The summed E-state index contributed by atoms with van der Waals surface area (Å²) < 4.78 is 5.66. The highest BCUT2D eigenvalue weighted by atomic mass is 16.5. The SMILES string of the molecule is CC1CCCC(Oc2nccnc2C(=O)O)C1. The molecule has 2 atom stereocenters. The van der Waals surface area contributed by atoms with E-state index in [4.69, 9.17) is 9.84 Å². The number of carboxylic acids is 1. The first-order valence-corrected chi connectivity index (χ1v) is 5.87. The highest BCUT2D eigenvalue weighted by Crippen LogP contribution is 2.27. The molecule has 2 unspecified atom stereocenters. The molecule has 0 bridgehead atoms. The summed E-state index contributed by atoms with van der Waals surface area (Å²) in [5.74, 6) is -0.338. The van der Waals surface area contributed by atoms with Crippen LogP contribution < -0.4 is 4.74 Å². The second kappa shape index (κ2) is 5.12. The van der Waals surface area contributed by atoms with Crippen LogP contribution in [0.25, 0.3) is 0 Å². The Labute approximate surface area is 99.9 Å². The van der Waals surface area contributed by atoms with Gasteiger partial charge in [-0.2, -0.15) is 0 Å². The number of hydrogen-bond acceptors (Lipinski definition) is 4. The molecule has 0 amide bonds. The Hall–Kier alpha value is -1.65. The summed E-state index contributed by atoms with van der Waals surface area (Å²) in [6.45, 7) is 2.18. The fourth-order valence-corrected chi connectivity index (χ4v) is 2.20. The van der Waals surface area contributed by atoms with E-state index < -0.39 is 5.97 Å². The maximum atomic E-state index is 10.9. The van der Waals surface area contributed by atoms with Crippen LogP contribution in [0.15, 0.2) is 12.4 Å². The van der Waals surface area contributed by atoms with Gasteiger partial charge in [-0.1, -0.05) is 13.3 Å². The van der Waals surface area contributed by atoms with Gasteiger partial charge >= 0.3 is 5.97 Å². The Balaban J connectivity index is 2.10. The molecule has 5 heteroatoms. The average Bonchev–Trinajstić information content (AvgIpc) is 2.29. The molecule has 0 spiro atoms. The van der Waals surface area contributed by atoms with Gasteiger partial charge < -0.3 is 9.84 Å². The van der Waals surface area contributed by atoms with Crippen molar-refractivity contribution in [3.63, 3.8) is 0 Å². The minimum absolute atomic E-state index is 0.0635. The second-order valence-electron chi connectivity index (χ2n) is 4.53. The van der Waals surface area contributed by atoms with E-state index in [1.165, 1.54) is 18.8 Å². The topological polar surface area (TPSA) is 72.3 Å². The quantitative estimate of drug-likeness (QED) is 0.870. The number of carboxylic acid groups (broad SMARTS) is 1. The molecule has 92 valence electrons. The van der Waals surface area contributed by atoms with Crippen molar-refractivity contribution in [2.24, 2.45) is 5.92 Å². The van der Waals surface area contributed by atoms with Gasteiger partial charge in [0.25, 0.3) is 0 Å². The van der Waals surface area contributed by atoms with Gasteiger partial charge in [0.15, 0.2) is 0 Å². The molecule has 0 saturated heterocycles. The Morgan fingerprint density at radius 3 is 2.88 bits per heavy atom. The summed E-state index contributed by atoms with van der Waals surface area (Å²) in [7, 11) is 0. The number of aromatic carboxylic acids is 1. The number of hydrogen-bond donors (Lipinski definition) is 1. The molecular formula is C12H16N2O3. The first-order chi connectivity index (χ1) is 8.16. The van der Waals surface area contributed by atoms with Crippen LogP contribution in [0.3, 0.4) is 0 Å². The van der Waals surface area contributed by atoms with Crippen LogP contribution >= 0.6 is 0 Å². The lowest BCUT2D eigenvalue weighted by Gasteiger charge is -2.27. The molecule has 0 aromatic carbocycles. The molecule has 1 heterocycles. The van der Waals surface area contributed by atoms with E-state index in [0.717, 1.165) is 19.3 Å². The number of carbonyl (C=O) groups is 1. The standard InChI is InChI=1S/C12H16N2O3/c1-8-3-2-4-9(7-8)17-11-10(12(15)16)13-5-6-14-11/h5-6,8-9H,2-4,7H2,1H3,(H,15,16). The molecule has 1 aromatic heterocycles. The second-order valence-corrected chi connectivity index (χ2v) is 4.53. The van der Waals surface area contributed by atoms with Gasteiger partial charge in [0.05, 0.1) is 0 Å². The van der Waals surface area contributed by atoms with E-state index in [0.29, 0.717) is 5.92 Å². The molecule has 5 nitrogen and oxygen atoms in total. The predicted octanol–water partition coefficient (Wildman–Crippen LogP) is 2.13. The summed E-state index contributed by atoms with van der Waals surface area (Å²) in [5, 5.41) is 8.96. The molecule has 17 heavy (non-hydrogen) atoms. The Bertz CT molecular complexity index is 408. The third-order valence-corrected chi connectivity index (χ3v) is 3.03. The monoisotopic (exact) mass is 236 g/mol. The Morgan fingerprint density at radius 1 is 1.41 bits per heavy atom. The van der Waals surface area contributed by atoms with Crippen LogP contribution in [-0.4, -0.2) is 27.1 Å². The lowest BCUT2D eigenvalue weighted by atomic mass is 9.89. The summed E-state index contributed by atoms with van der Waals surface area (Å²) in [6, 6.07) is 0. The fourth-order valence-electron chi connectivity index (χ4n) is 2.20. The average molecular weight is 236 g/mol. The van der Waals surface area contributed by atoms with Gasteiger partial charge in [0.1, 0.15) is 6.10 Å². The maximum Gasteiger partial charge on any atom is 0.360 e. The molecule has 1 aromatic rings. The molecule has 0 aliphatic heterocycles. The van der Waals surface area contributed by atoms with Crippen molar-refractivity contribution < 1.29 is 14.6 Å². The summed E-state index contributed by atoms with van der Waals surface area (Å²) >= 11 is 0. The van der Waals surface area contributed by atoms with Gasteiger partial charge in [-0.3, -0.25) is 0 Å². The van der Waals surface area contributed by atoms with Crippen molar-refractivity contribution >= 4 is 5.97 Å². The van der Waals surface area contributed by atoms with E-state index >= 15 is 0 Å². The smallest absolute Gasteiger partial charge is 0.360 e. The fraction of sp³-hybridized carbons (Fsp3) is 0.583. The van der Waals surface area contributed by atoms with Crippen molar-refractivity contribution in [2.45, 2.75) is 38.7 Å². The van der Waals surface area contributed by atoms with Gasteiger partial charge in [-0.25, -0.2) is 14.8 Å². The van der Waals surface area contributed by atoms with Crippen molar-refractivity contribution in [1.82, 2.24) is 9.97 Å². The van der Waals surface area contributed by atoms with Crippen LogP contribution in [0, 0.1) is 5.92 Å². The number of nitrogens with zero attached hydrogens (tertiary/aromatic N) is 2. The minimum atomic E-state index is -1.10. The van der Waals surface area contributed by atoms with Crippen molar-refractivity contribution in [2.75, 3.05) is 0 Å². The zero-order valence-corrected chi connectivity index (χ0v) is 9.80. The van der Waals surface area contributed by atoms with E-state index in [1.807, 2.05) is 0 Å². The molecule has 0 radical (unpaired) electrons. The normalized spacial score (nSPS) is 24.3. The highest BCUT2D eigenvalue weighted by Gasteiger charge is 2.23. The van der Waals surface area contributed by atoms with Gasteiger partial charge in [-0.05, 0) is 25.2 Å². The number of rotatable bonds is 3. The Morgan fingerprint density at radius 2 is 2.18 bits per heavy atom. The van der Waals surface area contributed by atoms with E-state index in [-0.39, 0.29) is 17.7 Å². The third kappa shape index (κ3) is 2.93. The number of ether oxygens (including phenoxy) is 1. The van der Waals surface area contributed by atoms with Crippen molar-refractivity contribution in [3.8, 4) is 5.88 Å². The molecule has 1 N–H and O–H groups in total. The molecule has 1 fully saturated rings. The molecule has 1 aliphatic rings. The van der Waals surface area contributed by atoms with Crippen LogP contribution in [-0.2, 0) is 0 Å². The first-order valence-electron chi connectivity index (χ1n) is 5.87. The lowest BCUT2D eigenvalue weighted by molar-refractivity contribution is 0.0672. The molecule has 2 rings (SSSR count). The Kier molecular flexibility index (Phi) is 3.56.